The van der Waals surface area contributed by atoms with Gasteiger partial charge in [0.25, 0.3) is 0 Å². The molecular weight excluding hydrogens is 305 g/mol. The summed E-state index contributed by atoms with van der Waals surface area (Å²) < 4.78 is 19.0. The second kappa shape index (κ2) is 7.34. The Bertz CT molecular complexity index is 758. The van der Waals surface area contributed by atoms with Crippen LogP contribution in [0.5, 0.6) is 5.75 Å². The van der Waals surface area contributed by atoms with E-state index in [0.29, 0.717) is 19.1 Å². The van der Waals surface area contributed by atoms with E-state index < -0.39 is 0 Å². The minimum atomic E-state index is -0.380. The minimum Gasteiger partial charge on any atom is -0.491 e. The van der Waals surface area contributed by atoms with Crippen molar-refractivity contribution in [1.82, 2.24) is 0 Å². The Kier molecular flexibility index (Phi) is 4.99. The van der Waals surface area contributed by atoms with Crippen molar-refractivity contribution in [3.8, 4) is 5.75 Å². The number of aliphatic imine (C=N–C) groups is 1. The highest BCUT2D eigenvalue weighted by Crippen LogP contribution is 2.24. The van der Waals surface area contributed by atoms with Gasteiger partial charge in [-0.2, -0.15) is 0 Å². The number of nitrogens with one attached hydrogen (secondary N) is 1. The van der Waals surface area contributed by atoms with Crippen LogP contribution in [-0.4, -0.2) is 12.6 Å². The quantitative estimate of drug-likeness (QED) is 0.651. The lowest BCUT2D eigenvalue weighted by Gasteiger charge is -2.08. The molecule has 0 saturated heterocycles. The van der Waals surface area contributed by atoms with Crippen molar-refractivity contribution in [3.05, 3.63) is 58.9 Å². The summed E-state index contributed by atoms with van der Waals surface area (Å²) in [5.74, 6) is 0.200. The number of hydrogen-bond acceptors (Lipinski definition) is 2. The highest BCUT2D eigenvalue weighted by molar-refractivity contribution is 5.92. The summed E-state index contributed by atoms with van der Waals surface area (Å²) in [4.78, 5) is 4.28. The number of benzene rings is 2. The summed E-state index contributed by atoms with van der Waals surface area (Å²) in [5.41, 5.74) is 10.4. The predicted molar refractivity (Wildman–Crippen MR) is 95.0 cm³/mol. The van der Waals surface area contributed by atoms with Crippen LogP contribution in [0.2, 0.25) is 0 Å². The van der Waals surface area contributed by atoms with Gasteiger partial charge >= 0.3 is 0 Å². The first-order valence-corrected chi connectivity index (χ1v) is 8.25. The van der Waals surface area contributed by atoms with Crippen LogP contribution in [0, 0.1) is 5.82 Å². The Morgan fingerprint density at radius 2 is 2.04 bits per heavy atom. The zero-order chi connectivity index (χ0) is 16.9. The van der Waals surface area contributed by atoms with E-state index in [-0.39, 0.29) is 11.6 Å². The maximum absolute atomic E-state index is 13.8. The maximum atomic E-state index is 13.8. The second-order valence-corrected chi connectivity index (χ2v) is 5.86. The van der Waals surface area contributed by atoms with E-state index >= 15 is 0 Å². The summed E-state index contributed by atoms with van der Waals surface area (Å²) in [7, 11) is 0. The Balaban J connectivity index is 1.63. The van der Waals surface area contributed by atoms with Crippen molar-refractivity contribution in [3.63, 3.8) is 0 Å². The lowest BCUT2D eigenvalue weighted by atomic mass is 10.1. The number of fused-ring (bicyclic) bond motifs is 1. The molecule has 0 unspecified atom stereocenters. The van der Waals surface area contributed by atoms with Crippen LogP contribution >= 0.6 is 0 Å². The van der Waals surface area contributed by atoms with Crippen molar-refractivity contribution in [1.29, 1.82) is 0 Å². The number of hydrogen-bond donors (Lipinski definition) is 2. The molecule has 1 aliphatic carbocycles. The Hall–Kier alpha value is -2.56. The van der Waals surface area contributed by atoms with Gasteiger partial charge in [0.05, 0.1) is 13.2 Å². The molecule has 126 valence electrons. The monoisotopic (exact) mass is 327 g/mol. The third kappa shape index (κ3) is 3.85. The molecule has 0 aromatic heterocycles. The lowest BCUT2D eigenvalue weighted by molar-refractivity contribution is 0.321. The van der Waals surface area contributed by atoms with Crippen LogP contribution in [-0.2, 0) is 19.4 Å². The Morgan fingerprint density at radius 3 is 2.83 bits per heavy atom. The molecular formula is C19H22FN3O. The molecule has 0 bridgehead atoms. The van der Waals surface area contributed by atoms with E-state index in [1.807, 2.05) is 13.0 Å². The predicted octanol–water partition coefficient (Wildman–Crippen LogP) is 3.64. The first kappa shape index (κ1) is 16.3. The topological polar surface area (TPSA) is 59.6 Å². The maximum Gasteiger partial charge on any atom is 0.193 e. The van der Waals surface area contributed by atoms with E-state index in [1.54, 1.807) is 12.1 Å². The number of anilines is 1. The van der Waals surface area contributed by atoms with E-state index in [9.17, 15) is 4.39 Å². The molecule has 24 heavy (non-hydrogen) atoms. The lowest BCUT2D eigenvalue weighted by Crippen LogP contribution is -2.22. The first-order chi connectivity index (χ1) is 11.7. The Morgan fingerprint density at radius 1 is 1.21 bits per heavy atom. The summed E-state index contributed by atoms with van der Waals surface area (Å²) in [6, 6.07) is 11.1. The standard InChI is InChI=1S/C19H22FN3O/c1-2-24-18-9-6-13(10-17(18)20)12-22-19(21)23-16-8-7-14-4-3-5-15(14)11-16/h6-11H,2-5,12H2,1H3,(H3,21,22,23). The van der Waals surface area contributed by atoms with Gasteiger partial charge in [-0.3, -0.25) is 0 Å². The molecule has 1 aliphatic rings. The molecule has 2 aromatic rings. The van der Waals surface area contributed by atoms with Gasteiger partial charge in [-0.05, 0) is 67.1 Å². The normalized spacial score (nSPS) is 13.7. The zero-order valence-electron chi connectivity index (χ0n) is 13.8. The molecule has 4 nitrogen and oxygen atoms in total. The van der Waals surface area contributed by atoms with E-state index in [1.165, 1.54) is 23.6 Å². The summed E-state index contributed by atoms with van der Waals surface area (Å²) >= 11 is 0. The minimum absolute atomic E-state index is 0.259. The molecule has 5 heteroatoms. The van der Waals surface area contributed by atoms with E-state index in [2.05, 4.69) is 22.4 Å². The van der Waals surface area contributed by atoms with Crippen molar-refractivity contribution < 1.29 is 9.13 Å². The molecule has 0 fully saturated rings. The van der Waals surface area contributed by atoms with Gasteiger partial charge in [0.15, 0.2) is 17.5 Å². The molecule has 0 radical (unpaired) electrons. The number of nitrogens with zero attached hydrogens (tertiary/aromatic N) is 1. The fourth-order valence-corrected chi connectivity index (χ4v) is 2.93. The van der Waals surface area contributed by atoms with Gasteiger partial charge in [-0.15, -0.1) is 0 Å². The van der Waals surface area contributed by atoms with Gasteiger partial charge in [0.2, 0.25) is 0 Å². The fraction of sp³-hybridized carbons (Fsp3) is 0.316. The molecule has 0 amide bonds. The van der Waals surface area contributed by atoms with Gasteiger partial charge < -0.3 is 15.8 Å². The Labute approximate surface area is 141 Å². The molecule has 0 heterocycles. The smallest absolute Gasteiger partial charge is 0.193 e. The second-order valence-electron chi connectivity index (χ2n) is 5.86. The van der Waals surface area contributed by atoms with Gasteiger partial charge in [0.1, 0.15) is 0 Å². The van der Waals surface area contributed by atoms with E-state index in [0.717, 1.165) is 24.1 Å². The highest BCUT2D eigenvalue weighted by atomic mass is 19.1. The molecule has 0 saturated carbocycles. The average molecular weight is 327 g/mol. The van der Waals surface area contributed by atoms with Crippen LogP contribution < -0.4 is 15.8 Å². The highest BCUT2D eigenvalue weighted by Gasteiger charge is 2.11. The third-order valence-electron chi connectivity index (χ3n) is 4.10. The van der Waals surface area contributed by atoms with Crippen molar-refractivity contribution in [2.45, 2.75) is 32.7 Å². The van der Waals surface area contributed by atoms with Crippen LogP contribution in [0.25, 0.3) is 0 Å². The number of guanidine groups is 1. The molecule has 0 aliphatic heterocycles. The zero-order valence-corrected chi connectivity index (χ0v) is 13.8. The van der Waals surface area contributed by atoms with Gasteiger partial charge in [0, 0.05) is 5.69 Å². The summed E-state index contributed by atoms with van der Waals surface area (Å²) in [5, 5.41) is 3.10. The number of aryl methyl sites for hydroxylation is 2. The molecule has 0 spiro atoms. The number of halogens is 1. The summed E-state index contributed by atoms with van der Waals surface area (Å²) in [6.45, 7) is 2.57. The van der Waals surface area contributed by atoms with Crippen LogP contribution in [0.15, 0.2) is 41.4 Å². The van der Waals surface area contributed by atoms with Crippen LogP contribution in [0.3, 0.4) is 0 Å². The molecule has 3 rings (SSSR count). The van der Waals surface area contributed by atoms with E-state index in [4.69, 9.17) is 10.5 Å². The number of nitrogens with two attached hydrogens (primary N) is 1. The first-order valence-electron chi connectivity index (χ1n) is 8.25. The third-order valence-corrected chi connectivity index (χ3v) is 4.10. The van der Waals surface area contributed by atoms with Crippen molar-refractivity contribution in [2.75, 3.05) is 11.9 Å². The molecule has 3 N–H and O–H groups in total. The molecule has 2 aromatic carbocycles. The number of rotatable bonds is 5. The summed E-state index contributed by atoms with van der Waals surface area (Å²) in [6.07, 6.45) is 3.49. The van der Waals surface area contributed by atoms with Crippen molar-refractivity contribution >= 4 is 11.6 Å². The van der Waals surface area contributed by atoms with Crippen molar-refractivity contribution in [2.24, 2.45) is 10.7 Å². The van der Waals surface area contributed by atoms with Crippen LogP contribution in [0.4, 0.5) is 10.1 Å². The SMILES string of the molecule is CCOc1ccc(CN=C(N)Nc2ccc3c(c2)CCC3)cc1F. The van der Waals surface area contributed by atoms with Crippen LogP contribution in [0.1, 0.15) is 30.0 Å². The fourth-order valence-electron chi connectivity index (χ4n) is 2.93. The molecule has 0 atom stereocenters. The average Bonchev–Trinajstić information content (AvgIpc) is 3.03. The van der Waals surface area contributed by atoms with Gasteiger partial charge in [-0.25, -0.2) is 9.38 Å². The van der Waals surface area contributed by atoms with Gasteiger partial charge in [-0.1, -0.05) is 12.1 Å². The largest absolute Gasteiger partial charge is 0.491 e. The number of ether oxygens (including phenoxy) is 1.